The standard InChI is InChI=1S/C23H22ClFN2O3/c1-13-9-16(25)11-18(23(28)29-2)21(13)27-22-17-10-15(24)3-4-20(17)26-12-19(22)14-5-7-30-8-6-14/h3-4,9-12,14H,5-8H2,1-2H3,(H,26,27). The molecule has 0 amide bonds. The first kappa shape index (κ1) is 20.6. The highest BCUT2D eigenvalue weighted by Crippen LogP contribution is 2.39. The molecule has 2 heterocycles. The zero-order valence-electron chi connectivity index (χ0n) is 16.8. The summed E-state index contributed by atoms with van der Waals surface area (Å²) in [4.78, 5) is 17.0. The molecule has 3 aromatic rings. The third-order valence-corrected chi connectivity index (χ3v) is 5.71. The van der Waals surface area contributed by atoms with E-state index in [1.54, 1.807) is 13.0 Å². The molecule has 0 spiro atoms. The molecule has 4 rings (SSSR count). The molecule has 0 radical (unpaired) electrons. The van der Waals surface area contributed by atoms with E-state index in [9.17, 15) is 9.18 Å². The number of methoxy groups -OCH3 is 1. The number of carbonyl (C=O) groups is 1. The van der Waals surface area contributed by atoms with Gasteiger partial charge in [0.05, 0.1) is 29.6 Å². The van der Waals surface area contributed by atoms with E-state index >= 15 is 0 Å². The summed E-state index contributed by atoms with van der Waals surface area (Å²) in [7, 11) is 1.28. The molecule has 1 aromatic heterocycles. The highest BCUT2D eigenvalue weighted by atomic mass is 35.5. The van der Waals surface area contributed by atoms with Crippen LogP contribution in [0.5, 0.6) is 0 Å². The van der Waals surface area contributed by atoms with Gasteiger partial charge < -0.3 is 14.8 Å². The summed E-state index contributed by atoms with van der Waals surface area (Å²) >= 11 is 6.29. The molecule has 0 bridgehead atoms. The van der Waals surface area contributed by atoms with Gasteiger partial charge in [0.15, 0.2) is 0 Å². The van der Waals surface area contributed by atoms with Crippen molar-refractivity contribution in [2.45, 2.75) is 25.7 Å². The summed E-state index contributed by atoms with van der Waals surface area (Å²) in [5.41, 5.74) is 3.85. The minimum Gasteiger partial charge on any atom is -0.465 e. The van der Waals surface area contributed by atoms with Crippen LogP contribution in [0.4, 0.5) is 15.8 Å². The first-order valence-electron chi connectivity index (χ1n) is 9.79. The molecule has 1 aliphatic rings. The van der Waals surface area contributed by atoms with Crippen LogP contribution in [-0.2, 0) is 9.47 Å². The van der Waals surface area contributed by atoms with Crippen LogP contribution in [0.25, 0.3) is 10.9 Å². The lowest BCUT2D eigenvalue weighted by molar-refractivity contribution is 0.0601. The number of aromatic nitrogens is 1. The van der Waals surface area contributed by atoms with E-state index in [0.29, 0.717) is 29.5 Å². The summed E-state index contributed by atoms with van der Waals surface area (Å²) in [6.07, 6.45) is 3.61. The molecule has 2 aromatic carbocycles. The van der Waals surface area contributed by atoms with Crippen molar-refractivity contribution < 1.29 is 18.7 Å². The molecular weight excluding hydrogens is 407 g/mol. The van der Waals surface area contributed by atoms with Crippen molar-refractivity contribution >= 4 is 39.8 Å². The Morgan fingerprint density at radius 2 is 2.00 bits per heavy atom. The van der Waals surface area contributed by atoms with Gasteiger partial charge in [-0.2, -0.15) is 0 Å². The average molecular weight is 429 g/mol. The van der Waals surface area contributed by atoms with Crippen molar-refractivity contribution in [3.05, 3.63) is 64.1 Å². The Kier molecular flexibility index (Phi) is 5.88. The van der Waals surface area contributed by atoms with E-state index in [-0.39, 0.29) is 11.5 Å². The van der Waals surface area contributed by atoms with Gasteiger partial charge in [-0.1, -0.05) is 11.6 Å². The number of fused-ring (bicyclic) bond motifs is 1. The molecule has 0 saturated carbocycles. The second kappa shape index (κ2) is 8.58. The third-order valence-electron chi connectivity index (χ3n) is 5.48. The van der Waals surface area contributed by atoms with Crippen molar-refractivity contribution in [3.8, 4) is 0 Å². The van der Waals surface area contributed by atoms with Crippen LogP contribution < -0.4 is 5.32 Å². The molecule has 0 atom stereocenters. The Balaban J connectivity index is 1.92. The van der Waals surface area contributed by atoms with Crippen LogP contribution >= 0.6 is 11.6 Å². The molecular formula is C23H22ClFN2O3. The van der Waals surface area contributed by atoms with Crippen LogP contribution in [0, 0.1) is 12.7 Å². The molecule has 1 fully saturated rings. The van der Waals surface area contributed by atoms with Crippen molar-refractivity contribution in [1.29, 1.82) is 0 Å². The number of carbonyl (C=O) groups excluding carboxylic acids is 1. The molecule has 30 heavy (non-hydrogen) atoms. The van der Waals surface area contributed by atoms with Crippen molar-refractivity contribution in [2.24, 2.45) is 0 Å². The number of benzene rings is 2. The van der Waals surface area contributed by atoms with Gasteiger partial charge in [0.1, 0.15) is 5.82 Å². The van der Waals surface area contributed by atoms with Gasteiger partial charge >= 0.3 is 5.97 Å². The fourth-order valence-corrected chi connectivity index (χ4v) is 4.11. The largest absolute Gasteiger partial charge is 0.465 e. The molecule has 1 saturated heterocycles. The van der Waals surface area contributed by atoms with Crippen molar-refractivity contribution in [2.75, 3.05) is 25.6 Å². The summed E-state index contributed by atoms with van der Waals surface area (Å²) in [5, 5.41) is 4.84. The fraction of sp³-hybridized carbons (Fsp3) is 0.304. The van der Waals surface area contributed by atoms with E-state index in [4.69, 9.17) is 21.1 Å². The number of hydrogen-bond donors (Lipinski definition) is 1. The SMILES string of the molecule is COC(=O)c1cc(F)cc(C)c1Nc1c(C2CCOCC2)cnc2ccc(Cl)cc12. The molecule has 1 aliphatic heterocycles. The molecule has 1 N–H and O–H groups in total. The van der Waals surface area contributed by atoms with Gasteiger partial charge in [-0.3, -0.25) is 4.98 Å². The number of rotatable bonds is 4. The number of nitrogens with one attached hydrogen (secondary N) is 1. The first-order chi connectivity index (χ1) is 14.5. The number of halogens is 2. The lowest BCUT2D eigenvalue weighted by Crippen LogP contribution is -2.16. The van der Waals surface area contributed by atoms with Crippen molar-refractivity contribution in [1.82, 2.24) is 4.98 Å². The molecule has 0 unspecified atom stereocenters. The topological polar surface area (TPSA) is 60.5 Å². The van der Waals surface area contributed by atoms with Crippen molar-refractivity contribution in [3.63, 3.8) is 0 Å². The number of anilines is 2. The van der Waals surface area contributed by atoms with Gasteiger partial charge in [0, 0.05) is 29.8 Å². The number of esters is 1. The fourth-order valence-electron chi connectivity index (χ4n) is 3.94. The monoisotopic (exact) mass is 428 g/mol. The Morgan fingerprint density at radius 1 is 1.23 bits per heavy atom. The summed E-state index contributed by atoms with van der Waals surface area (Å²) in [6, 6.07) is 8.07. The summed E-state index contributed by atoms with van der Waals surface area (Å²) in [5.74, 6) is -0.852. The Morgan fingerprint density at radius 3 is 2.73 bits per heavy atom. The zero-order chi connectivity index (χ0) is 21.3. The summed E-state index contributed by atoms with van der Waals surface area (Å²) < 4.78 is 24.4. The number of pyridine rings is 1. The van der Waals surface area contributed by atoms with Gasteiger partial charge in [-0.25, -0.2) is 9.18 Å². The Labute approximate surface area is 179 Å². The Bertz CT molecular complexity index is 1110. The minimum atomic E-state index is -0.607. The second-order valence-corrected chi connectivity index (χ2v) is 7.83. The maximum atomic E-state index is 14.0. The molecule has 156 valence electrons. The minimum absolute atomic E-state index is 0.139. The van der Waals surface area contributed by atoms with Crippen LogP contribution in [0.3, 0.4) is 0 Å². The van der Waals surface area contributed by atoms with E-state index in [2.05, 4.69) is 10.3 Å². The highest BCUT2D eigenvalue weighted by molar-refractivity contribution is 6.31. The van der Waals surface area contributed by atoms with E-state index in [0.717, 1.165) is 35.0 Å². The number of aryl methyl sites for hydroxylation is 1. The number of nitrogens with zero attached hydrogens (tertiary/aromatic N) is 1. The third kappa shape index (κ3) is 3.98. The van der Waals surface area contributed by atoms with E-state index in [1.807, 2.05) is 18.3 Å². The molecule has 5 nitrogen and oxygen atoms in total. The predicted molar refractivity (Wildman–Crippen MR) is 115 cm³/mol. The quantitative estimate of drug-likeness (QED) is 0.535. The first-order valence-corrected chi connectivity index (χ1v) is 10.2. The highest BCUT2D eigenvalue weighted by Gasteiger charge is 2.24. The second-order valence-electron chi connectivity index (χ2n) is 7.40. The van der Waals surface area contributed by atoms with Crippen LogP contribution in [-0.4, -0.2) is 31.3 Å². The van der Waals surface area contributed by atoms with E-state index in [1.165, 1.54) is 19.2 Å². The smallest absolute Gasteiger partial charge is 0.340 e. The average Bonchev–Trinajstić information content (AvgIpc) is 2.75. The normalized spacial score (nSPS) is 14.7. The van der Waals surface area contributed by atoms with Crippen LogP contribution in [0.1, 0.15) is 40.2 Å². The van der Waals surface area contributed by atoms with Gasteiger partial charge in [0.2, 0.25) is 0 Å². The maximum absolute atomic E-state index is 14.0. The number of ether oxygens (including phenoxy) is 2. The zero-order valence-corrected chi connectivity index (χ0v) is 17.6. The van der Waals surface area contributed by atoms with Gasteiger partial charge in [0.25, 0.3) is 0 Å². The van der Waals surface area contributed by atoms with Crippen LogP contribution in [0.2, 0.25) is 5.02 Å². The maximum Gasteiger partial charge on any atom is 0.340 e. The number of hydrogen-bond acceptors (Lipinski definition) is 5. The lowest BCUT2D eigenvalue weighted by atomic mass is 9.90. The predicted octanol–water partition coefficient (Wildman–Crippen LogP) is 5.76. The van der Waals surface area contributed by atoms with Crippen LogP contribution in [0.15, 0.2) is 36.5 Å². The van der Waals surface area contributed by atoms with Gasteiger partial charge in [-0.05, 0) is 67.1 Å². The lowest BCUT2D eigenvalue weighted by Gasteiger charge is -2.26. The Hall–Kier alpha value is -2.70. The van der Waals surface area contributed by atoms with E-state index < -0.39 is 11.8 Å². The summed E-state index contributed by atoms with van der Waals surface area (Å²) in [6.45, 7) is 3.11. The molecule has 0 aliphatic carbocycles. The van der Waals surface area contributed by atoms with Gasteiger partial charge in [-0.15, -0.1) is 0 Å². The molecule has 7 heteroatoms.